The van der Waals surface area contributed by atoms with Gasteiger partial charge in [0.05, 0.1) is 6.04 Å². The van der Waals surface area contributed by atoms with Crippen molar-refractivity contribution < 1.29 is 27.8 Å². The number of amides is 1. The number of hydrogen-bond acceptors (Lipinski definition) is 6. The SMILES string of the molecule is O=C(C1CCN(c2cc(-c3cc(OC(O)C4CCC4)ccc3F)ccn2)CC1)N1N=CCC1c1cc(F)cc(F)c1. The van der Waals surface area contributed by atoms with Crippen molar-refractivity contribution in [2.75, 3.05) is 18.0 Å². The normalized spacial score (nSPS) is 20.2. The van der Waals surface area contributed by atoms with Crippen molar-refractivity contribution in [3.63, 3.8) is 0 Å². The summed E-state index contributed by atoms with van der Waals surface area (Å²) >= 11 is 0. The average Bonchev–Trinajstić information content (AvgIpc) is 3.43. The number of halogens is 3. The molecule has 3 aromatic rings. The van der Waals surface area contributed by atoms with Gasteiger partial charge in [0.1, 0.15) is 29.0 Å². The summed E-state index contributed by atoms with van der Waals surface area (Å²) in [5, 5.41) is 15.9. The zero-order chi connectivity index (χ0) is 28.5. The van der Waals surface area contributed by atoms with Gasteiger partial charge >= 0.3 is 0 Å². The van der Waals surface area contributed by atoms with Gasteiger partial charge < -0.3 is 14.7 Å². The third kappa shape index (κ3) is 5.79. The molecule has 1 N–H and O–H groups in total. The molecule has 41 heavy (non-hydrogen) atoms. The van der Waals surface area contributed by atoms with Crippen LogP contribution in [-0.4, -0.2) is 46.6 Å². The standard InChI is InChI=1S/C31H31F3N4O3/c32-23-14-22(15-24(33)17-23)28-7-11-36-38(28)30(39)19-8-12-37(13-9-19)29-16-21(6-10-35-29)26-18-25(4-5-27(26)34)41-31(40)20-2-1-3-20/h4-6,10-11,14-20,28,31,40H,1-3,7-9,12-13H2. The first-order valence-electron chi connectivity index (χ1n) is 14.0. The molecule has 214 valence electrons. The molecule has 10 heteroatoms. The van der Waals surface area contributed by atoms with E-state index in [4.69, 9.17) is 4.74 Å². The molecule has 1 aliphatic carbocycles. The Morgan fingerprint density at radius 2 is 1.73 bits per heavy atom. The van der Waals surface area contributed by atoms with Gasteiger partial charge in [0.25, 0.3) is 0 Å². The molecule has 7 nitrogen and oxygen atoms in total. The van der Waals surface area contributed by atoms with Gasteiger partial charge in [0.15, 0.2) is 6.29 Å². The fourth-order valence-electron chi connectivity index (χ4n) is 5.73. The quantitative estimate of drug-likeness (QED) is 0.365. The number of ether oxygens (including phenoxy) is 1. The van der Waals surface area contributed by atoms with E-state index in [0.29, 0.717) is 60.6 Å². The highest BCUT2D eigenvalue weighted by molar-refractivity contribution is 5.82. The molecule has 1 saturated heterocycles. The van der Waals surface area contributed by atoms with Crippen LogP contribution in [-0.2, 0) is 4.79 Å². The van der Waals surface area contributed by atoms with Crippen LogP contribution in [0.2, 0.25) is 0 Å². The van der Waals surface area contributed by atoms with E-state index in [0.717, 1.165) is 25.3 Å². The maximum atomic E-state index is 14.8. The zero-order valence-corrected chi connectivity index (χ0v) is 22.4. The molecule has 1 aromatic heterocycles. The Balaban J connectivity index is 1.11. The van der Waals surface area contributed by atoms with Gasteiger partial charge in [0.2, 0.25) is 5.91 Å². The first-order chi connectivity index (χ1) is 19.9. The minimum atomic E-state index is -0.907. The van der Waals surface area contributed by atoms with Gasteiger partial charge in [0, 0.05) is 55.4 Å². The Morgan fingerprint density at radius 3 is 2.44 bits per heavy atom. The number of aliphatic hydroxyl groups excluding tert-OH is 1. The van der Waals surface area contributed by atoms with Crippen molar-refractivity contribution in [1.29, 1.82) is 0 Å². The number of carbonyl (C=O) groups is 1. The summed E-state index contributed by atoms with van der Waals surface area (Å²) in [4.78, 5) is 19.9. The number of benzene rings is 2. The molecule has 2 atom stereocenters. The predicted octanol–water partition coefficient (Wildman–Crippen LogP) is 5.84. The van der Waals surface area contributed by atoms with Gasteiger partial charge in [-0.25, -0.2) is 23.2 Å². The van der Waals surface area contributed by atoms with E-state index in [9.17, 15) is 23.1 Å². The first kappa shape index (κ1) is 27.3. The number of rotatable bonds is 7. The van der Waals surface area contributed by atoms with Crippen LogP contribution in [0.1, 0.15) is 50.1 Å². The molecule has 1 amide bonds. The van der Waals surface area contributed by atoms with Gasteiger partial charge in [-0.3, -0.25) is 4.79 Å². The lowest BCUT2D eigenvalue weighted by molar-refractivity contribution is -0.138. The second-order valence-corrected chi connectivity index (χ2v) is 10.9. The van der Waals surface area contributed by atoms with Crippen LogP contribution in [0.15, 0.2) is 59.8 Å². The summed E-state index contributed by atoms with van der Waals surface area (Å²) in [5.74, 6) is -1.06. The Bertz CT molecular complexity index is 1440. The summed E-state index contributed by atoms with van der Waals surface area (Å²) < 4.78 is 48.1. The summed E-state index contributed by atoms with van der Waals surface area (Å²) in [6.45, 7) is 1.12. The topological polar surface area (TPSA) is 78.3 Å². The number of piperidine rings is 1. The minimum Gasteiger partial charge on any atom is -0.465 e. The summed E-state index contributed by atoms with van der Waals surface area (Å²) in [6, 6.07) is 10.7. The van der Waals surface area contributed by atoms with E-state index in [1.54, 1.807) is 24.5 Å². The molecule has 3 aliphatic rings. The van der Waals surface area contributed by atoms with Crippen LogP contribution >= 0.6 is 0 Å². The molecule has 2 fully saturated rings. The third-order valence-electron chi connectivity index (χ3n) is 8.30. The molecule has 2 aliphatic heterocycles. The van der Waals surface area contributed by atoms with Gasteiger partial charge in [-0.05, 0) is 79.3 Å². The molecular formula is C31H31F3N4O3. The van der Waals surface area contributed by atoms with Crippen molar-refractivity contribution in [2.45, 2.75) is 50.9 Å². The van der Waals surface area contributed by atoms with E-state index in [-0.39, 0.29) is 17.7 Å². The van der Waals surface area contributed by atoms with Crippen LogP contribution < -0.4 is 9.64 Å². The zero-order valence-electron chi connectivity index (χ0n) is 22.4. The number of hydrazone groups is 1. The van der Waals surface area contributed by atoms with E-state index in [1.807, 2.05) is 6.07 Å². The molecular weight excluding hydrogens is 533 g/mol. The van der Waals surface area contributed by atoms with Crippen molar-refractivity contribution in [3.8, 4) is 16.9 Å². The van der Waals surface area contributed by atoms with Gasteiger partial charge in [-0.15, -0.1) is 0 Å². The van der Waals surface area contributed by atoms with Crippen molar-refractivity contribution in [2.24, 2.45) is 16.9 Å². The van der Waals surface area contributed by atoms with Gasteiger partial charge in [-0.2, -0.15) is 5.10 Å². The number of nitrogens with zero attached hydrogens (tertiary/aromatic N) is 4. The molecule has 1 saturated carbocycles. The highest BCUT2D eigenvalue weighted by Gasteiger charge is 2.35. The number of aliphatic hydroxyl groups is 1. The molecule has 2 unspecified atom stereocenters. The molecule has 0 bridgehead atoms. The van der Waals surface area contributed by atoms with Crippen LogP contribution in [0, 0.1) is 29.3 Å². The van der Waals surface area contributed by atoms with E-state index in [2.05, 4.69) is 15.0 Å². The van der Waals surface area contributed by atoms with Crippen LogP contribution in [0.4, 0.5) is 19.0 Å². The maximum Gasteiger partial charge on any atom is 0.246 e. The van der Waals surface area contributed by atoms with Crippen LogP contribution in [0.5, 0.6) is 5.75 Å². The fourth-order valence-corrected chi connectivity index (χ4v) is 5.73. The monoisotopic (exact) mass is 564 g/mol. The summed E-state index contributed by atoms with van der Waals surface area (Å²) in [7, 11) is 0. The second kappa shape index (κ2) is 11.5. The number of hydrogen-bond donors (Lipinski definition) is 1. The lowest BCUT2D eigenvalue weighted by atomic mass is 9.85. The number of anilines is 1. The van der Waals surface area contributed by atoms with Crippen molar-refractivity contribution in [1.82, 2.24) is 9.99 Å². The molecule has 0 radical (unpaired) electrons. The highest BCUT2D eigenvalue weighted by Crippen LogP contribution is 2.35. The predicted molar refractivity (Wildman–Crippen MR) is 148 cm³/mol. The van der Waals surface area contributed by atoms with E-state index < -0.39 is 29.8 Å². The van der Waals surface area contributed by atoms with Crippen molar-refractivity contribution >= 4 is 17.9 Å². The number of aromatic nitrogens is 1. The largest absolute Gasteiger partial charge is 0.465 e. The van der Waals surface area contributed by atoms with Crippen molar-refractivity contribution in [3.05, 3.63) is 77.7 Å². The highest BCUT2D eigenvalue weighted by atomic mass is 19.1. The van der Waals surface area contributed by atoms with Crippen LogP contribution in [0.3, 0.4) is 0 Å². The second-order valence-electron chi connectivity index (χ2n) is 10.9. The number of pyridine rings is 1. The first-order valence-corrected chi connectivity index (χ1v) is 14.0. The Hall–Kier alpha value is -3.92. The van der Waals surface area contributed by atoms with Gasteiger partial charge in [-0.1, -0.05) is 6.42 Å². The van der Waals surface area contributed by atoms with E-state index in [1.165, 1.54) is 29.3 Å². The molecule has 6 rings (SSSR count). The fraction of sp³-hybridized carbons (Fsp3) is 0.387. The molecule has 3 heterocycles. The third-order valence-corrected chi connectivity index (χ3v) is 8.30. The number of carbonyl (C=O) groups excluding carboxylic acids is 1. The van der Waals surface area contributed by atoms with E-state index >= 15 is 0 Å². The minimum absolute atomic E-state index is 0.110. The lowest BCUT2D eigenvalue weighted by Gasteiger charge is -2.34. The summed E-state index contributed by atoms with van der Waals surface area (Å²) in [5.41, 5.74) is 1.36. The lowest BCUT2D eigenvalue weighted by Crippen LogP contribution is -2.41. The Morgan fingerprint density at radius 1 is 0.976 bits per heavy atom. The Labute approximate surface area is 236 Å². The molecule has 0 spiro atoms. The summed E-state index contributed by atoms with van der Waals surface area (Å²) in [6.07, 6.45) is 6.74. The molecule has 2 aromatic carbocycles. The Kier molecular flexibility index (Phi) is 7.66. The smallest absolute Gasteiger partial charge is 0.246 e. The maximum absolute atomic E-state index is 14.8. The van der Waals surface area contributed by atoms with Crippen LogP contribution in [0.25, 0.3) is 11.1 Å². The average molecular weight is 565 g/mol.